The highest BCUT2D eigenvalue weighted by Crippen LogP contribution is 2.56. The van der Waals surface area contributed by atoms with Crippen molar-refractivity contribution in [3.63, 3.8) is 0 Å². The van der Waals surface area contributed by atoms with Crippen LogP contribution in [0.5, 0.6) is 0 Å². The maximum absolute atomic E-state index is 13.4. The van der Waals surface area contributed by atoms with Crippen molar-refractivity contribution in [1.29, 1.82) is 0 Å². The van der Waals surface area contributed by atoms with Gasteiger partial charge in [0.1, 0.15) is 11.6 Å². The molecule has 98 valence electrons. The quantitative estimate of drug-likeness (QED) is 0.846. The number of hydrogen-bond acceptors (Lipinski definition) is 1. The molecule has 2 aliphatic carbocycles. The molecule has 0 heterocycles. The molecule has 3 rings (SSSR count). The molecular formula is C15H19F2N. The maximum Gasteiger partial charge on any atom is 0.126 e. The number of benzene rings is 1. The van der Waals surface area contributed by atoms with Crippen LogP contribution in [-0.4, -0.2) is 12.6 Å². The molecule has 1 nitrogen and oxygen atoms in total. The summed E-state index contributed by atoms with van der Waals surface area (Å²) in [4.78, 5) is 0. The van der Waals surface area contributed by atoms with Gasteiger partial charge in [0.25, 0.3) is 0 Å². The van der Waals surface area contributed by atoms with Crippen molar-refractivity contribution in [3.05, 3.63) is 35.4 Å². The summed E-state index contributed by atoms with van der Waals surface area (Å²) in [6.45, 7) is 3.01. The molecule has 2 atom stereocenters. The van der Waals surface area contributed by atoms with E-state index < -0.39 is 11.6 Å². The maximum atomic E-state index is 13.4. The van der Waals surface area contributed by atoms with Crippen molar-refractivity contribution in [2.24, 2.45) is 5.92 Å². The van der Waals surface area contributed by atoms with Crippen molar-refractivity contribution < 1.29 is 8.78 Å². The molecule has 1 aromatic carbocycles. The highest BCUT2D eigenvalue weighted by Gasteiger charge is 2.54. The molecule has 1 N–H and O–H groups in total. The van der Waals surface area contributed by atoms with Crippen LogP contribution < -0.4 is 5.32 Å². The number of hydrogen-bond donors (Lipinski definition) is 1. The van der Waals surface area contributed by atoms with Crippen molar-refractivity contribution in [3.8, 4) is 0 Å². The monoisotopic (exact) mass is 251 g/mol. The summed E-state index contributed by atoms with van der Waals surface area (Å²) in [5.74, 6) is -0.361. The van der Waals surface area contributed by atoms with E-state index in [1.54, 1.807) is 0 Å². The van der Waals surface area contributed by atoms with Gasteiger partial charge >= 0.3 is 0 Å². The highest BCUT2D eigenvalue weighted by molar-refractivity contribution is 5.35. The SMILES string of the molecule is CCC1CC1(CNC1CC1)c1cc(F)cc(F)c1. The van der Waals surface area contributed by atoms with Gasteiger partial charge in [-0.3, -0.25) is 0 Å². The Balaban J connectivity index is 1.83. The fourth-order valence-corrected chi connectivity index (χ4v) is 3.04. The molecule has 18 heavy (non-hydrogen) atoms. The molecule has 2 aliphatic rings. The minimum Gasteiger partial charge on any atom is -0.313 e. The third-order valence-corrected chi connectivity index (χ3v) is 4.45. The molecule has 2 saturated carbocycles. The molecule has 2 fully saturated rings. The van der Waals surface area contributed by atoms with Crippen LogP contribution in [0.4, 0.5) is 8.78 Å². The first-order valence-corrected chi connectivity index (χ1v) is 6.84. The largest absolute Gasteiger partial charge is 0.313 e. The van der Waals surface area contributed by atoms with E-state index in [1.807, 2.05) is 0 Å². The Morgan fingerprint density at radius 2 is 1.89 bits per heavy atom. The van der Waals surface area contributed by atoms with E-state index in [9.17, 15) is 8.78 Å². The lowest BCUT2D eigenvalue weighted by atomic mass is 9.92. The summed E-state index contributed by atoms with van der Waals surface area (Å²) < 4.78 is 26.7. The van der Waals surface area contributed by atoms with Crippen LogP contribution in [0.15, 0.2) is 18.2 Å². The van der Waals surface area contributed by atoms with Crippen molar-refractivity contribution in [2.45, 2.75) is 44.1 Å². The predicted octanol–water partition coefficient (Wildman–Crippen LogP) is 3.38. The summed E-state index contributed by atoms with van der Waals surface area (Å²) in [6.07, 6.45) is 4.60. The van der Waals surface area contributed by atoms with Crippen LogP contribution in [0.2, 0.25) is 0 Å². The lowest BCUT2D eigenvalue weighted by Crippen LogP contribution is -2.30. The number of nitrogens with one attached hydrogen (secondary N) is 1. The van der Waals surface area contributed by atoms with Crippen LogP contribution >= 0.6 is 0 Å². The van der Waals surface area contributed by atoms with Gasteiger partial charge in [-0.05, 0) is 42.9 Å². The van der Waals surface area contributed by atoms with Gasteiger partial charge in [-0.1, -0.05) is 13.3 Å². The Hall–Kier alpha value is -0.960. The van der Waals surface area contributed by atoms with Crippen molar-refractivity contribution in [2.75, 3.05) is 6.54 Å². The second-order valence-corrected chi connectivity index (χ2v) is 5.78. The third kappa shape index (κ3) is 2.16. The summed E-state index contributed by atoms with van der Waals surface area (Å²) in [5.41, 5.74) is 0.806. The number of rotatable bonds is 5. The molecule has 0 aromatic heterocycles. The zero-order valence-electron chi connectivity index (χ0n) is 10.7. The van der Waals surface area contributed by atoms with Gasteiger partial charge in [-0.2, -0.15) is 0 Å². The first-order chi connectivity index (χ1) is 8.64. The van der Waals surface area contributed by atoms with Gasteiger partial charge < -0.3 is 5.32 Å². The van der Waals surface area contributed by atoms with Crippen LogP contribution in [0, 0.1) is 17.6 Å². The summed E-state index contributed by atoms with van der Waals surface area (Å²) in [7, 11) is 0. The molecule has 3 heteroatoms. The first kappa shape index (κ1) is 12.1. The predicted molar refractivity (Wildman–Crippen MR) is 67.5 cm³/mol. The van der Waals surface area contributed by atoms with Gasteiger partial charge in [-0.25, -0.2) is 8.78 Å². The molecule has 1 aromatic rings. The average molecular weight is 251 g/mol. The van der Waals surface area contributed by atoms with Crippen LogP contribution in [0.3, 0.4) is 0 Å². The van der Waals surface area contributed by atoms with Crippen molar-refractivity contribution >= 4 is 0 Å². The zero-order valence-corrected chi connectivity index (χ0v) is 10.7. The van der Waals surface area contributed by atoms with E-state index in [2.05, 4.69) is 12.2 Å². The Morgan fingerprint density at radius 1 is 1.22 bits per heavy atom. The van der Waals surface area contributed by atoms with Gasteiger partial charge in [0.15, 0.2) is 0 Å². The van der Waals surface area contributed by atoms with Gasteiger partial charge in [-0.15, -0.1) is 0 Å². The smallest absolute Gasteiger partial charge is 0.126 e. The van der Waals surface area contributed by atoms with E-state index >= 15 is 0 Å². The lowest BCUT2D eigenvalue weighted by Gasteiger charge is -2.19. The standard InChI is InChI=1S/C15H19F2N/c1-2-10-8-15(10,9-18-14-3-4-14)11-5-12(16)7-13(17)6-11/h5-7,10,14,18H,2-4,8-9H2,1H3. The molecule has 0 bridgehead atoms. The summed E-state index contributed by atoms with van der Waals surface area (Å²) in [5, 5.41) is 3.52. The van der Waals surface area contributed by atoms with Gasteiger partial charge in [0.2, 0.25) is 0 Å². The van der Waals surface area contributed by atoms with E-state index in [4.69, 9.17) is 0 Å². The average Bonchev–Trinajstić information content (AvgIpc) is 3.21. The van der Waals surface area contributed by atoms with E-state index in [-0.39, 0.29) is 5.41 Å². The van der Waals surface area contributed by atoms with Crippen LogP contribution in [-0.2, 0) is 5.41 Å². The van der Waals surface area contributed by atoms with Gasteiger partial charge in [0, 0.05) is 24.1 Å². The topological polar surface area (TPSA) is 12.0 Å². The third-order valence-electron chi connectivity index (χ3n) is 4.45. The summed E-state index contributed by atoms with van der Waals surface area (Å²) in [6, 6.07) is 4.61. The second-order valence-electron chi connectivity index (χ2n) is 5.78. The van der Waals surface area contributed by atoms with E-state index in [0.29, 0.717) is 12.0 Å². The minimum atomic E-state index is -0.461. The fourth-order valence-electron chi connectivity index (χ4n) is 3.04. The Labute approximate surface area is 107 Å². The molecule has 0 saturated heterocycles. The van der Waals surface area contributed by atoms with E-state index in [0.717, 1.165) is 31.0 Å². The molecule has 0 aliphatic heterocycles. The highest BCUT2D eigenvalue weighted by atomic mass is 19.1. The Kier molecular flexibility index (Phi) is 2.89. The Morgan fingerprint density at radius 3 is 2.39 bits per heavy atom. The normalized spacial score (nSPS) is 30.5. The van der Waals surface area contributed by atoms with Crippen LogP contribution in [0.25, 0.3) is 0 Å². The minimum absolute atomic E-state index is 0.0275. The Bertz CT molecular complexity index is 436. The van der Waals surface area contributed by atoms with Gasteiger partial charge in [0.05, 0.1) is 0 Å². The fraction of sp³-hybridized carbons (Fsp3) is 0.600. The lowest BCUT2D eigenvalue weighted by molar-refractivity contribution is 0.509. The zero-order chi connectivity index (χ0) is 12.8. The van der Waals surface area contributed by atoms with E-state index in [1.165, 1.54) is 25.0 Å². The molecule has 0 radical (unpaired) electrons. The molecule has 2 unspecified atom stereocenters. The molecule has 0 amide bonds. The van der Waals surface area contributed by atoms with Crippen LogP contribution in [0.1, 0.15) is 38.2 Å². The number of halogens is 2. The molecule has 0 spiro atoms. The molecular weight excluding hydrogens is 232 g/mol. The first-order valence-electron chi connectivity index (χ1n) is 6.84. The second kappa shape index (κ2) is 4.30. The van der Waals surface area contributed by atoms with Crippen molar-refractivity contribution in [1.82, 2.24) is 5.32 Å². The summed E-state index contributed by atoms with van der Waals surface area (Å²) >= 11 is 0.